The van der Waals surface area contributed by atoms with Crippen LogP contribution in [0.25, 0.3) is 22.5 Å². The molecule has 0 radical (unpaired) electrons. The molecular weight excluding hydrogens is 468 g/mol. The lowest BCUT2D eigenvalue weighted by Gasteiger charge is -2.28. The number of benzene rings is 2. The molecule has 0 saturated carbocycles. The second-order valence-electron chi connectivity index (χ2n) is 9.41. The van der Waals surface area contributed by atoms with Crippen LogP contribution in [0, 0.1) is 0 Å². The molecule has 1 aliphatic heterocycles. The quantitative estimate of drug-likeness (QED) is 0.343. The molecule has 1 unspecified atom stereocenters. The van der Waals surface area contributed by atoms with Crippen molar-refractivity contribution in [3.05, 3.63) is 75.7 Å². The fourth-order valence-electron chi connectivity index (χ4n) is 5.38. The fourth-order valence-corrected chi connectivity index (χ4v) is 5.38. The molecule has 4 aromatic rings. The number of fused-ring (bicyclic) bond motifs is 1. The number of aromatic amines is 1. The van der Waals surface area contributed by atoms with E-state index < -0.39 is 0 Å². The third kappa shape index (κ3) is 4.98. The van der Waals surface area contributed by atoms with Crippen molar-refractivity contribution in [1.29, 1.82) is 0 Å². The van der Waals surface area contributed by atoms with Crippen LogP contribution in [0.1, 0.15) is 62.4 Å². The molecule has 9 heteroatoms. The zero-order chi connectivity index (χ0) is 25.8. The Hall–Kier alpha value is -4.01. The van der Waals surface area contributed by atoms with Gasteiger partial charge in [-0.3, -0.25) is 14.3 Å². The highest BCUT2D eigenvalue weighted by molar-refractivity contribution is 5.80. The predicted octanol–water partition coefficient (Wildman–Crippen LogP) is 4.33. The summed E-state index contributed by atoms with van der Waals surface area (Å²) in [6.45, 7) is 4.99. The first-order valence-electron chi connectivity index (χ1n) is 13.0. The predicted molar refractivity (Wildman–Crippen MR) is 140 cm³/mol. The van der Waals surface area contributed by atoms with Crippen LogP contribution in [0.5, 0.6) is 0 Å². The van der Waals surface area contributed by atoms with E-state index in [4.69, 9.17) is 4.74 Å². The number of nitrogens with zero attached hydrogens (tertiary/aromatic N) is 5. The lowest BCUT2D eigenvalue weighted by Crippen LogP contribution is -2.32. The highest BCUT2D eigenvalue weighted by atomic mass is 16.5. The molecule has 0 saturated heterocycles. The topological polar surface area (TPSA) is 108 Å². The number of esters is 1. The molecule has 2 aromatic heterocycles. The third-order valence-corrected chi connectivity index (χ3v) is 6.98. The molecule has 3 heterocycles. The molecule has 0 aliphatic carbocycles. The van der Waals surface area contributed by atoms with E-state index >= 15 is 0 Å². The maximum absolute atomic E-state index is 13.5. The van der Waals surface area contributed by atoms with Crippen LogP contribution in [-0.2, 0) is 28.9 Å². The second kappa shape index (κ2) is 10.9. The molecular formula is C28H32N6O3. The first-order valence-corrected chi connectivity index (χ1v) is 13.0. The molecule has 1 N–H and O–H groups in total. The van der Waals surface area contributed by atoms with Gasteiger partial charge in [-0.05, 0) is 48.1 Å². The first kappa shape index (κ1) is 24.7. The van der Waals surface area contributed by atoms with Gasteiger partial charge in [0.05, 0.1) is 19.1 Å². The Morgan fingerprint density at radius 3 is 2.59 bits per heavy atom. The van der Waals surface area contributed by atoms with Crippen LogP contribution in [-0.4, -0.2) is 42.6 Å². The van der Waals surface area contributed by atoms with E-state index in [1.54, 1.807) is 0 Å². The fraction of sp³-hybridized carbons (Fsp3) is 0.393. The number of rotatable bonds is 9. The van der Waals surface area contributed by atoms with E-state index in [0.29, 0.717) is 31.8 Å². The van der Waals surface area contributed by atoms with Gasteiger partial charge in [0.25, 0.3) is 5.56 Å². The van der Waals surface area contributed by atoms with Crippen molar-refractivity contribution in [2.45, 2.75) is 65.0 Å². The van der Waals surface area contributed by atoms with Crippen molar-refractivity contribution in [3.8, 4) is 22.5 Å². The molecule has 2 aromatic carbocycles. The maximum atomic E-state index is 13.5. The second-order valence-corrected chi connectivity index (χ2v) is 9.41. The van der Waals surface area contributed by atoms with Gasteiger partial charge in [-0.1, -0.05) is 61.9 Å². The Balaban J connectivity index is 1.45. The summed E-state index contributed by atoms with van der Waals surface area (Å²) in [5, 5.41) is 14.5. The zero-order valence-electron chi connectivity index (χ0n) is 21.3. The van der Waals surface area contributed by atoms with Gasteiger partial charge in [0, 0.05) is 29.8 Å². The number of H-pyrrole nitrogens is 1. The number of hydrogen-bond donors (Lipinski definition) is 1. The molecule has 1 atom stereocenters. The lowest BCUT2D eigenvalue weighted by atomic mass is 9.96. The Labute approximate surface area is 215 Å². The minimum atomic E-state index is -0.206. The van der Waals surface area contributed by atoms with E-state index in [-0.39, 0.29) is 17.6 Å². The van der Waals surface area contributed by atoms with Crippen LogP contribution < -0.4 is 5.56 Å². The highest BCUT2D eigenvalue weighted by Crippen LogP contribution is 2.31. The molecule has 9 nitrogen and oxygen atoms in total. The van der Waals surface area contributed by atoms with Gasteiger partial charge in [0.2, 0.25) is 5.82 Å². The summed E-state index contributed by atoms with van der Waals surface area (Å²) in [5.74, 6) is 0.344. The number of ether oxygens (including phenoxy) is 1. The first-order chi connectivity index (χ1) is 18.1. The van der Waals surface area contributed by atoms with Crippen molar-refractivity contribution in [3.63, 3.8) is 0 Å². The van der Waals surface area contributed by atoms with Gasteiger partial charge in [-0.2, -0.15) is 5.21 Å². The van der Waals surface area contributed by atoms with Gasteiger partial charge < -0.3 is 4.74 Å². The number of carbonyl (C=O) groups excluding carboxylic acids is 1. The number of tetrazole rings is 1. The summed E-state index contributed by atoms with van der Waals surface area (Å²) in [6.07, 6.45) is 4.33. The summed E-state index contributed by atoms with van der Waals surface area (Å²) in [7, 11) is 0. The minimum absolute atomic E-state index is 0.0418. The highest BCUT2D eigenvalue weighted by Gasteiger charge is 2.29. The third-order valence-electron chi connectivity index (χ3n) is 6.98. The normalized spacial score (nSPS) is 14.9. The van der Waals surface area contributed by atoms with E-state index in [1.807, 2.05) is 35.9 Å². The molecule has 0 amide bonds. The van der Waals surface area contributed by atoms with E-state index in [9.17, 15) is 9.59 Å². The number of carbonyl (C=O) groups is 1. The average Bonchev–Trinajstić information content (AvgIpc) is 3.54. The number of aromatic nitrogens is 6. The largest absolute Gasteiger partial charge is 0.466 e. The van der Waals surface area contributed by atoms with Crippen molar-refractivity contribution < 1.29 is 9.53 Å². The molecule has 0 spiro atoms. The van der Waals surface area contributed by atoms with E-state index in [0.717, 1.165) is 59.2 Å². The summed E-state index contributed by atoms with van der Waals surface area (Å²) >= 11 is 0. The number of hydrogen-bond acceptors (Lipinski definition) is 6. The standard InChI is InChI=1S/C28H32N6O3/c1-3-8-25-24(28(36)33-16-7-9-21(34(25)33)18-26(35)37-4-2)17-19-12-14-20(15-13-19)22-10-5-6-11-23(22)27-29-31-32-30-27/h5-6,10-15,21H,3-4,7-9,16-18H2,1-2H3,(H,29,30,31,32). The Kier molecular flexibility index (Phi) is 7.30. The average molecular weight is 501 g/mol. The monoisotopic (exact) mass is 500 g/mol. The van der Waals surface area contributed by atoms with Crippen LogP contribution in [0.2, 0.25) is 0 Å². The smallest absolute Gasteiger partial charge is 0.307 e. The summed E-state index contributed by atoms with van der Waals surface area (Å²) < 4.78 is 9.18. The zero-order valence-corrected chi connectivity index (χ0v) is 21.3. The van der Waals surface area contributed by atoms with Crippen LogP contribution in [0.15, 0.2) is 53.3 Å². The number of nitrogens with one attached hydrogen (secondary N) is 1. The summed E-state index contributed by atoms with van der Waals surface area (Å²) in [6, 6.07) is 16.2. The SMILES string of the molecule is CCCc1c(Cc2ccc(-c3ccccc3-c3nn[nH]n3)cc2)c(=O)n2n1C(CC(=O)OCC)CCC2. The van der Waals surface area contributed by atoms with Gasteiger partial charge in [-0.15, -0.1) is 10.2 Å². The minimum Gasteiger partial charge on any atom is -0.466 e. The van der Waals surface area contributed by atoms with Crippen LogP contribution >= 0.6 is 0 Å². The van der Waals surface area contributed by atoms with Gasteiger partial charge >= 0.3 is 5.97 Å². The molecule has 5 rings (SSSR count). The van der Waals surface area contributed by atoms with Gasteiger partial charge in [0.1, 0.15) is 0 Å². The Morgan fingerprint density at radius 1 is 1.11 bits per heavy atom. The van der Waals surface area contributed by atoms with Crippen molar-refractivity contribution in [1.82, 2.24) is 30.0 Å². The maximum Gasteiger partial charge on any atom is 0.307 e. The van der Waals surface area contributed by atoms with Crippen LogP contribution in [0.4, 0.5) is 0 Å². The van der Waals surface area contributed by atoms with E-state index in [1.165, 1.54) is 0 Å². The molecule has 192 valence electrons. The molecule has 0 bridgehead atoms. The van der Waals surface area contributed by atoms with E-state index in [2.05, 4.69) is 56.5 Å². The molecule has 0 fully saturated rings. The summed E-state index contributed by atoms with van der Waals surface area (Å²) in [5.41, 5.74) is 5.97. The van der Waals surface area contributed by atoms with Gasteiger partial charge in [-0.25, -0.2) is 4.68 Å². The molecule has 37 heavy (non-hydrogen) atoms. The van der Waals surface area contributed by atoms with Crippen LogP contribution in [0.3, 0.4) is 0 Å². The Bertz CT molecular complexity index is 1420. The van der Waals surface area contributed by atoms with Crippen molar-refractivity contribution in [2.75, 3.05) is 6.61 Å². The molecule has 1 aliphatic rings. The van der Waals surface area contributed by atoms with Crippen molar-refractivity contribution in [2.24, 2.45) is 0 Å². The van der Waals surface area contributed by atoms with Gasteiger partial charge in [0.15, 0.2) is 0 Å². The Morgan fingerprint density at radius 2 is 1.89 bits per heavy atom. The lowest BCUT2D eigenvalue weighted by molar-refractivity contribution is -0.144. The van der Waals surface area contributed by atoms with Crippen molar-refractivity contribution >= 4 is 5.97 Å². The summed E-state index contributed by atoms with van der Waals surface area (Å²) in [4.78, 5) is 25.8.